The number of benzene rings is 1. The van der Waals surface area contributed by atoms with E-state index in [0.717, 1.165) is 0 Å². The van der Waals surface area contributed by atoms with Gasteiger partial charge in [-0.15, -0.1) is 0 Å². The van der Waals surface area contributed by atoms with E-state index in [2.05, 4.69) is 0 Å². The van der Waals surface area contributed by atoms with Gasteiger partial charge in [0.1, 0.15) is 0 Å². The smallest absolute Gasteiger partial charge is 0.234 e. The average Bonchev–Trinajstić information content (AvgIpc) is 2.11. The van der Waals surface area contributed by atoms with E-state index >= 15 is 0 Å². The summed E-state index contributed by atoms with van der Waals surface area (Å²) in [5.74, 6) is -1.04. The highest BCUT2D eigenvalue weighted by atomic mass is 16.3. The van der Waals surface area contributed by atoms with Gasteiger partial charge >= 0.3 is 0 Å². The number of aromatic hydroxyl groups is 2. The van der Waals surface area contributed by atoms with Gasteiger partial charge in [-0.1, -0.05) is 6.07 Å². The van der Waals surface area contributed by atoms with Gasteiger partial charge in [-0.3, -0.25) is 4.79 Å². The normalized spacial score (nSPS) is 12.4. The summed E-state index contributed by atoms with van der Waals surface area (Å²) >= 11 is 0. The minimum atomic E-state index is -0.779. The van der Waals surface area contributed by atoms with Crippen LogP contribution in [-0.4, -0.2) is 22.2 Å². The topological polar surface area (TPSA) is 110 Å². The third kappa shape index (κ3) is 2.37. The molecule has 0 spiro atoms. The minimum absolute atomic E-state index is 0.207. The van der Waals surface area contributed by atoms with Gasteiger partial charge < -0.3 is 21.7 Å². The molecule has 5 nitrogen and oxygen atoms in total. The molecule has 0 aromatic heterocycles. The number of rotatable bonds is 3. The van der Waals surface area contributed by atoms with Crippen LogP contribution in [0.5, 0.6) is 11.5 Å². The quantitative estimate of drug-likeness (QED) is 0.486. The van der Waals surface area contributed by atoms with Crippen molar-refractivity contribution in [3.8, 4) is 11.5 Å². The van der Waals surface area contributed by atoms with Gasteiger partial charge in [-0.25, -0.2) is 0 Å². The number of amides is 1. The number of primary amides is 1. The molecule has 0 fully saturated rings. The van der Waals surface area contributed by atoms with Gasteiger partial charge in [0.25, 0.3) is 0 Å². The number of phenolic OH excluding ortho intramolecular Hbond substituents is 2. The number of carbonyl (C=O) groups excluding carboxylic acids is 1. The van der Waals surface area contributed by atoms with Crippen LogP contribution in [-0.2, 0) is 11.2 Å². The second-order valence-corrected chi connectivity index (χ2v) is 3.04. The predicted octanol–water partition coefficient (Wildman–Crippen LogP) is -0.547. The maximum absolute atomic E-state index is 10.6. The number of phenols is 2. The zero-order valence-corrected chi connectivity index (χ0v) is 7.47. The molecule has 1 aromatic rings. The monoisotopic (exact) mass is 196 g/mol. The number of hydrogen-bond donors (Lipinski definition) is 4. The zero-order chi connectivity index (χ0) is 10.7. The summed E-state index contributed by atoms with van der Waals surface area (Å²) in [6.07, 6.45) is 0.239. The molecule has 0 aliphatic rings. The van der Waals surface area contributed by atoms with E-state index in [1.165, 1.54) is 12.1 Å². The second kappa shape index (κ2) is 3.97. The first-order valence-electron chi connectivity index (χ1n) is 4.06. The Balaban J connectivity index is 2.78. The molecule has 6 N–H and O–H groups in total. The van der Waals surface area contributed by atoms with Gasteiger partial charge in [0.15, 0.2) is 11.5 Å². The van der Waals surface area contributed by atoms with Crippen LogP contribution in [0.2, 0.25) is 0 Å². The first kappa shape index (κ1) is 10.3. The summed E-state index contributed by atoms with van der Waals surface area (Å²) in [4.78, 5) is 10.6. The fraction of sp³-hybridized carbons (Fsp3) is 0.222. The molecule has 0 heterocycles. The van der Waals surface area contributed by atoms with Crippen LogP contribution in [0.15, 0.2) is 18.2 Å². The zero-order valence-electron chi connectivity index (χ0n) is 7.47. The van der Waals surface area contributed by atoms with Crippen LogP contribution in [0.1, 0.15) is 5.56 Å². The van der Waals surface area contributed by atoms with E-state index in [0.29, 0.717) is 5.56 Å². The van der Waals surface area contributed by atoms with E-state index in [9.17, 15) is 4.79 Å². The predicted molar refractivity (Wildman–Crippen MR) is 50.6 cm³/mol. The largest absolute Gasteiger partial charge is 0.504 e. The molecule has 0 unspecified atom stereocenters. The molecule has 0 bridgehead atoms. The van der Waals surface area contributed by atoms with Crippen LogP contribution in [0.4, 0.5) is 0 Å². The molecule has 5 heteroatoms. The van der Waals surface area contributed by atoms with Crippen molar-refractivity contribution in [2.24, 2.45) is 11.5 Å². The van der Waals surface area contributed by atoms with E-state index in [1.807, 2.05) is 0 Å². The van der Waals surface area contributed by atoms with Gasteiger partial charge in [0.2, 0.25) is 5.91 Å². The van der Waals surface area contributed by atoms with E-state index in [4.69, 9.17) is 21.7 Å². The fourth-order valence-corrected chi connectivity index (χ4v) is 1.05. The molecule has 1 rings (SSSR count). The van der Waals surface area contributed by atoms with Crippen LogP contribution >= 0.6 is 0 Å². The Bertz CT molecular complexity index is 352. The van der Waals surface area contributed by atoms with Crippen LogP contribution in [0.3, 0.4) is 0 Å². The average molecular weight is 196 g/mol. The summed E-state index contributed by atoms with van der Waals surface area (Å²) < 4.78 is 0. The first-order chi connectivity index (χ1) is 6.50. The van der Waals surface area contributed by atoms with E-state index in [1.54, 1.807) is 6.07 Å². The molecule has 0 aliphatic carbocycles. The van der Waals surface area contributed by atoms with Crippen molar-refractivity contribution in [2.75, 3.05) is 0 Å². The summed E-state index contributed by atoms with van der Waals surface area (Å²) in [5, 5.41) is 18.2. The Hall–Kier alpha value is -1.75. The lowest BCUT2D eigenvalue weighted by Crippen LogP contribution is -2.38. The highest BCUT2D eigenvalue weighted by molar-refractivity contribution is 5.79. The summed E-state index contributed by atoms with van der Waals surface area (Å²) in [6, 6.07) is 3.47. The fourth-order valence-electron chi connectivity index (χ4n) is 1.05. The van der Waals surface area contributed by atoms with Crippen LogP contribution in [0, 0.1) is 0 Å². The highest BCUT2D eigenvalue weighted by Gasteiger charge is 2.10. The maximum Gasteiger partial charge on any atom is 0.234 e. The molecule has 1 aromatic carbocycles. The van der Waals surface area contributed by atoms with Crippen LogP contribution < -0.4 is 11.5 Å². The summed E-state index contributed by atoms with van der Waals surface area (Å²) in [6.45, 7) is 0. The Morgan fingerprint density at radius 2 is 2.00 bits per heavy atom. The third-order valence-corrected chi connectivity index (χ3v) is 1.86. The molecule has 0 radical (unpaired) electrons. The van der Waals surface area contributed by atoms with Crippen molar-refractivity contribution in [3.63, 3.8) is 0 Å². The Morgan fingerprint density at radius 1 is 1.36 bits per heavy atom. The van der Waals surface area contributed by atoms with E-state index in [-0.39, 0.29) is 17.9 Å². The van der Waals surface area contributed by atoms with Gasteiger partial charge in [0, 0.05) is 0 Å². The third-order valence-electron chi connectivity index (χ3n) is 1.86. The van der Waals surface area contributed by atoms with Gasteiger partial charge in [0.05, 0.1) is 6.04 Å². The molecule has 76 valence electrons. The van der Waals surface area contributed by atoms with Gasteiger partial charge in [-0.2, -0.15) is 0 Å². The van der Waals surface area contributed by atoms with E-state index < -0.39 is 11.9 Å². The molecule has 0 aliphatic heterocycles. The van der Waals surface area contributed by atoms with Crippen molar-refractivity contribution in [3.05, 3.63) is 23.8 Å². The molecular weight excluding hydrogens is 184 g/mol. The highest BCUT2D eigenvalue weighted by Crippen LogP contribution is 2.25. The van der Waals surface area contributed by atoms with Crippen LogP contribution in [0.25, 0.3) is 0 Å². The lowest BCUT2D eigenvalue weighted by Gasteiger charge is -2.07. The molecular formula is C9H12N2O3. The van der Waals surface area contributed by atoms with Gasteiger partial charge in [-0.05, 0) is 24.1 Å². The lowest BCUT2D eigenvalue weighted by molar-refractivity contribution is -0.119. The van der Waals surface area contributed by atoms with Crippen molar-refractivity contribution >= 4 is 5.91 Å². The number of nitrogens with two attached hydrogens (primary N) is 2. The Labute approximate surface area is 81.0 Å². The maximum atomic E-state index is 10.6. The summed E-state index contributed by atoms with van der Waals surface area (Å²) in [5.41, 5.74) is 11.0. The van der Waals surface area contributed by atoms with Crippen molar-refractivity contribution < 1.29 is 15.0 Å². The number of carbonyl (C=O) groups is 1. The Kier molecular flexibility index (Phi) is 2.93. The number of hydrogen-bond acceptors (Lipinski definition) is 4. The SMILES string of the molecule is NC(=O)[C@@H](N)Cc1ccc(O)c(O)c1. The molecule has 1 atom stereocenters. The van der Waals surface area contributed by atoms with Crippen molar-refractivity contribution in [2.45, 2.75) is 12.5 Å². The standard InChI is InChI=1S/C9H12N2O3/c10-6(9(11)14)3-5-1-2-7(12)8(13)4-5/h1-2,4,6,12-13H,3,10H2,(H2,11,14)/t6-/m0/s1. The minimum Gasteiger partial charge on any atom is -0.504 e. The van der Waals surface area contributed by atoms with Crippen molar-refractivity contribution in [1.82, 2.24) is 0 Å². The summed E-state index contributed by atoms with van der Waals surface area (Å²) in [7, 11) is 0. The molecule has 0 saturated carbocycles. The van der Waals surface area contributed by atoms with Crippen molar-refractivity contribution in [1.29, 1.82) is 0 Å². The second-order valence-electron chi connectivity index (χ2n) is 3.04. The first-order valence-corrected chi connectivity index (χ1v) is 4.06. The molecule has 1 amide bonds. The lowest BCUT2D eigenvalue weighted by atomic mass is 10.1. The molecule has 14 heavy (non-hydrogen) atoms. The Morgan fingerprint density at radius 3 is 2.50 bits per heavy atom. The molecule has 0 saturated heterocycles.